The van der Waals surface area contributed by atoms with E-state index in [2.05, 4.69) is 10.3 Å². The summed E-state index contributed by atoms with van der Waals surface area (Å²) in [6.45, 7) is 1.53. The largest absolute Gasteiger partial charge is 0.381 e. The SMILES string of the molecule is NCC1(C(=O)Nc2ccc3scnc3c2)CCOCC1. The van der Waals surface area contributed by atoms with Gasteiger partial charge in [-0.05, 0) is 31.0 Å². The molecule has 1 aromatic carbocycles. The van der Waals surface area contributed by atoms with Gasteiger partial charge in [0.1, 0.15) is 0 Å². The molecule has 2 aromatic rings. The van der Waals surface area contributed by atoms with E-state index in [4.69, 9.17) is 10.5 Å². The molecule has 0 spiro atoms. The zero-order valence-corrected chi connectivity index (χ0v) is 11.9. The topological polar surface area (TPSA) is 77.2 Å². The number of ether oxygens (including phenoxy) is 1. The Labute approximate surface area is 121 Å². The molecular formula is C14H17N3O2S. The maximum Gasteiger partial charge on any atom is 0.232 e. The highest BCUT2D eigenvalue weighted by Crippen LogP contribution is 2.31. The molecule has 0 saturated carbocycles. The minimum atomic E-state index is -0.505. The smallest absolute Gasteiger partial charge is 0.232 e. The Balaban J connectivity index is 1.80. The summed E-state index contributed by atoms with van der Waals surface area (Å²) in [7, 11) is 0. The van der Waals surface area contributed by atoms with Gasteiger partial charge in [0.25, 0.3) is 0 Å². The van der Waals surface area contributed by atoms with E-state index in [0.29, 0.717) is 32.6 Å². The van der Waals surface area contributed by atoms with Gasteiger partial charge in [0, 0.05) is 25.4 Å². The quantitative estimate of drug-likeness (QED) is 0.906. The van der Waals surface area contributed by atoms with Crippen LogP contribution in [0.4, 0.5) is 5.69 Å². The molecule has 1 amide bonds. The molecular weight excluding hydrogens is 274 g/mol. The molecule has 0 bridgehead atoms. The number of nitrogens with two attached hydrogens (primary N) is 1. The van der Waals surface area contributed by atoms with Gasteiger partial charge < -0.3 is 15.8 Å². The van der Waals surface area contributed by atoms with E-state index >= 15 is 0 Å². The highest BCUT2D eigenvalue weighted by atomic mass is 32.1. The first-order valence-corrected chi connectivity index (χ1v) is 7.54. The van der Waals surface area contributed by atoms with Gasteiger partial charge in [0.15, 0.2) is 0 Å². The van der Waals surface area contributed by atoms with Crippen LogP contribution in [0, 0.1) is 5.41 Å². The first-order valence-electron chi connectivity index (χ1n) is 6.66. The van der Waals surface area contributed by atoms with E-state index in [1.165, 1.54) is 0 Å². The average Bonchev–Trinajstić information content (AvgIpc) is 2.95. The average molecular weight is 291 g/mol. The lowest BCUT2D eigenvalue weighted by Crippen LogP contribution is -2.46. The van der Waals surface area contributed by atoms with Crippen LogP contribution >= 0.6 is 11.3 Å². The van der Waals surface area contributed by atoms with Gasteiger partial charge in [0.2, 0.25) is 5.91 Å². The summed E-state index contributed by atoms with van der Waals surface area (Å²) in [5, 5.41) is 2.98. The highest BCUT2D eigenvalue weighted by Gasteiger charge is 2.38. The summed E-state index contributed by atoms with van der Waals surface area (Å²) in [5.74, 6) is -0.0159. The number of aromatic nitrogens is 1. The number of nitrogens with zero attached hydrogens (tertiary/aromatic N) is 1. The summed E-state index contributed by atoms with van der Waals surface area (Å²) in [4.78, 5) is 16.8. The highest BCUT2D eigenvalue weighted by molar-refractivity contribution is 7.16. The van der Waals surface area contributed by atoms with Crippen LogP contribution in [0.5, 0.6) is 0 Å². The molecule has 6 heteroatoms. The van der Waals surface area contributed by atoms with E-state index < -0.39 is 5.41 Å². The van der Waals surface area contributed by atoms with Gasteiger partial charge in [-0.1, -0.05) is 0 Å². The summed E-state index contributed by atoms with van der Waals surface area (Å²) in [6.07, 6.45) is 1.35. The third kappa shape index (κ3) is 2.42. The lowest BCUT2D eigenvalue weighted by atomic mass is 9.79. The fraction of sp³-hybridized carbons (Fsp3) is 0.429. The second-order valence-corrected chi connectivity index (χ2v) is 5.97. The lowest BCUT2D eigenvalue weighted by Gasteiger charge is -2.34. The molecule has 1 saturated heterocycles. The van der Waals surface area contributed by atoms with Crippen molar-refractivity contribution in [3.8, 4) is 0 Å². The molecule has 1 aliphatic rings. The number of hydrogen-bond donors (Lipinski definition) is 2. The number of fused-ring (bicyclic) bond motifs is 1. The second-order valence-electron chi connectivity index (χ2n) is 5.09. The zero-order chi connectivity index (χ0) is 14.0. The lowest BCUT2D eigenvalue weighted by molar-refractivity contribution is -0.130. The molecule has 1 fully saturated rings. The van der Waals surface area contributed by atoms with Crippen LogP contribution in [0.25, 0.3) is 10.2 Å². The second kappa shape index (κ2) is 5.47. The van der Waals surface area contributed by atoms with Crippen molar-refractivity contribution in [2.24, 2.45) is 11.1 Å². The molecule has 0 unspecified atom stereocenters. The van der Waals surface area contributed by atoms with Gasteiger partial charge in [0.05, 0.1) is 21.1 Å². The molecule has 0 atom stereocenters. The molecule has 1 aliphatic heterocycles. The van der Waals surface area contributed by atoms with E-state index in [1.807, 2.05) is 18.2 Å². The summed E-state index contributed by atoms with van der Waals surface area (Å²) >= 11 is 1.59. The molecule has 1 aromatic heterocycles. The van der Waals surface area contributed by atoms with E-state index in [0.717, 1.165) is 15.9 Å². The van der Waals surface area contributed by atoms with Crippen molar-refractivity contribution in [3.63, 3.8) is 0 Å². The molecule has 0 aliphatic carbocycles. The molecule has 20 heavy (non-hydrogen) atoms. The summed E-state index contributed by atoms with van der Waals surface area (Å²) in [5.41, 5.74) is 8.81. The summed E-state index contributed by atoms with van der Waals surface area (Å²) in [6, 6.07) is 5.77. The van der Waals surface area contributed by atoms with Crippen molar-refractivity contribution in [3.05, 3.63) is 23.7 Å². The maximum atomic E-state index is 12.5. The first kappa shape index (κ1) is 13.5. The van der Waals surface area contributed by atoms with Crippen molar-refractivity contribution in [2.75, 3.05) is 25.1 Å². The Morgan fingerprint density at radius 2 is 2.25 bits per heavy atom. The normalized spacial score (nSPS) is 18.1. The zero-order valence-electron chi connectivity index (χ0n) is 11.1. The Hall–Kier alpha value is -1.50. The van der Waals surface area contributed by atoms with E-state index in [9.17, 15) is 4.79 Å². The number of nitrogens with one attached hydrogen (secondary N) is 1. The molecule has 2 heterocycles. The molecule has 106 valence electrons. The Bertz CT molecular complexity index is 620. The van der Waals surface area contributed by atoms with Gasteiger partial charge >= 0.3 is 0 Å². The number of rotatable bonds is 3. The number of amides is 1. The molecule has 3 rings (SSSR count). The van der Waals surface area contributed by atoms with Crippen molar-refractivity contribution in [1.29, 1.82) is 0 Å². The monoisotopic (exact) mass is 291 g/mol. The Kier molecular flexibility index (Phi) is 3.69. The van der Waals surface area contributed by atoms with Crippen molar-refractivity contribution >= 4 is 33.1 Å². The van der Waals surface area contributed by atoms with E-state index in [-0.39, 0.29) is 5.91 Å². The number of thiazole rings is 1. The van der Waals surface area contributed by atoms with Gasteiger partial charge in [-0.25, -0.2) is 4.98 Å². The van der Waals surface area contributed by atoms with Crippen LogP contribution < -0.4 is 11.1 Å². The van der Waals surface area contributed by atoms with Crippen LogP contribution in [0.1, 0.15) is 12.8 Å². The first-order chi connectivity index (χ1) is 9.73. The number of carbonyl (C=O) groups is 1. The molecule has 3 N–H and O–H groups in total. The van der Waals surface area contributed by atoms with Crippen LogP contribution in [0.2, 0.25) is 0 Å². The number of hydrogen-bond acceptors (Lipinski definition) is 5. The minimum absolute atomic E-state index is 0.0159. The Morgan fingerprint density at radius 3 is 3.00 bits per heavy atom. The van der Waals surface area contributed by atoms with Crippen LogP contribution in [-0.4, -0.2) is 30.6 Å². The number of anilines is 1. The fourth-order valence-electron chi connectivity index (χ4n) is 2.49. The van der Waals surface area contributed by atoms with Crippen molar-refractivity contribution in [1.82, 2.24) is 4.98 Å². The predicted molar refractivity (Wildman–Crippen MR) is 79.8 cm³/mol. The van der Waals surface area contributed by atoms with Crippen molar-refractivity contribution in [2.45, 2.75) is 12.8 Å². The van der Waals surface area contributed by atoms with Crippen LogP contribution in [0.3, 0.4) is 0 Å². The Morgan fingerprint density at radius 1 is 1.45 bits per heavy atom. The van der Waals surface area contributed by atoms with Gasteiger partial charge in [-0.15, -0.1) is 11.3 Å². The van der Waals surface area contributed by atoms with E-state index in [1.54, 1.807) is 16.8 Å². The summed E-state index contributed by atoms with van der Waals surface area (Å²) < 4.78 is 6.44. The third-order valence-corrected chi connectivity index (χ3v) is 4.72. The minimum Gasteiger partial charge on any atom is -0.381 e. The third-order valence-electron chi connectivity index (χ3n) is 3.91. The number of benzene rings is 1. The standard InChI is InChI=1S/C14H17N3O2S/c15-8-14(3-5-19-6-4-14)13(18)17-10-1-2-12-11(7-10)16-9-20-12/h1-2,7,9H,3-6,8,15H2,(H,17,18). The molecule has 0 radical (unpaired) electrons. The number of carbonyl (C=O) groups excluding carboxylic acids is 1. The maximum absolute atomic E-state index is 12.5. The van der Waals surface area contributed by atoms with Crippen molar-refractivity contribution < 1.29 is 9.53 Å². The fourth-order valence-corrected chi connectivity index (χ4v) is 3.14. The van der Waals surface area contributed by atoms with Gasteiger partial charge in [-0.2, -0.15) is 0 Å². The molecule has 5 nitrogen and oxygen atoms in total. The predicted octanol–water partition coefficient (Wildman–Crippen LogP) is 1.99. The van der Waals surface area contributed by atoms with Gasteiger partial charge in [-0.3, -0.25) is 4.79 Å². The van der Waals surface area contributed by atoms with Crippen LogP contribution in [-0.2, 0) is 9.53 Å². The van der Waals surface area contributed by atoms with Crippen LogP contribution in [0.15, 0.2) is 23.7 Å².